The number of ether oxygens (including phenoxy) is 1. The van der Waals surface area contributed by atoms with Gasteiger partial charge in [0.25, 0.3) is 0 Å². The topological polar surface area (TPSA) is 26.3 Å². The third kappa shape index (κ3) is 2.80. The number of hydrogen-bond donors (Lipinski definition) is 0. The van der Waals surface area contributed by atoms with Gasteiger partial charge in [-0.15, -0.1) is 0 Å². The van der Waals surface area contributed by atoms with Gasteiger partial charge in [-0.05, 0) is 46.2 Å². The van der Waals surface area contributed by atoms with Crippen LogP contribution in [0.25, 0.3) is 21.9 Å². The fraction of sp³-hybridized carbons (Fsp3) is 0.0800. The van der Waals surface area contributed by atoms with Crippen LogP contribution in [0.2, 0.25) is 0 Å². The summed E-state index contributed by atoms with van der Waals surface area (Å²) >= 11 is 0. The van der Waals surface area contributed by atoms with Gasteiger partial charge in [0.1, 0.15) is 5.75 Å². The Balaban J connectivity index is 1.40. The number of rotatable bonds is 4. The maximum Gasteiger partial charge on any atom is 0.200 e. The molecule has 0 saturated carbocycles. The number of ketones is 1. The smallest absolute Gasteiger partial charge is 0.200 e. The SMILES string of the molecule is O=C(COc1cccc2ccccc12)c1ccc2c(c1)-c1ccccc1C2. The van der Waals surface area contributed by atoms with Gasteiger partial charge in [0.2, 0.25) is 0 Å². The second-order valence-corrected chi connectivity index (χ2v) is 6.89. The highest BCUT2D eigenvalue weighted by molar-refractivity contribution is 5.99. The number of benzene rings is 4. The molecule has 0 heterocycles. The third-order valence-electron chi connectivity index (χ3n) is 5.23. The Hall–Kier alpha value is -3.39. The summed E-state index contributed by atoms with van der Waals surface area (Å²) < 4.78 is 5.87. The average Bonchev–Trinajstić information content (AvgIpc) is 3.10. The molecule has 27 heavy (non-hydrogen) atoms. The van der Waals surface area contributed by atoms with Crippen molar-refractivity contribution in [3.63, 3.8) is 0 Å². The maximum atomic E-state index is 12.7. The van der Waals surface area contributed by atoms with Gasteiger partial charge < -0.3 is 4.74 Å². The molecule has 0 atom stereocenters. The van der Waals surface area contributed by atoms with E-state index in [0.29, 0.717) is 5.56 Å². The van der Waals surface area contributed by atoms with Crippen LogP contribution in [0.3, 0.4) is 0 Å². The van der Waals surface area contributed by atoms with Crippen LogP contribution in [0.4, 0.5) is 0 Å². The van der Waals surface area contributed by atoms with Gasteiger partial charge in [-0.3, -0.25) is 4.79 Å². The third-order valence-corrected chi connectivity index (χ3v) is 5.23. The number of Topliss-reactive ketones (excluding diaryl/α,β-unsaturated/α-hetero) is 1. The molecular formula is C25H18O2. The molecule has 0 aliphatic heterocycles. The molecule has 0 amide bonds. The lowest BCUT2D eigenvalue weighted by Crippen LogP contribution is -2.12. The predicted octanol–water partition coefficient (Wildman–Crippen LogP) is 5.67. The van der Waals surface area contributed by atoms with Gasteiger partial charge in [0, 0.05) is 10.9 Å². The summed E-state index contributed by atoms with van der Waals surface area (Å²) in [5, 5.41) is 2.13. The highest BCUT2D eigenvalue weighted by Gasteiger charge is 2.19. The fourth-order valence-electron chi connectivity index (χ4n) is 3.85. The van der Waals surface area contributed by atoms with Crippen molar-refractivity contribution in [2.24, 2.45) is 0 Å². The predicted molar refractivity (Wildman–Crippen MR) is 108 cm³/mol. The van der Waals surface area contributed by atoms with Gasteiger partial charge in [-0.1, -0.05) is 72.8 Å². The first-order valence-corrected chi connectivity index (χ1v) is 9.14. The van der Waals surface area contributed by atoms with Crippen LogP contribution < -0.4 is 4.74 Å². The summed E-state index contributed by atoms with van der Waals surface area (Å²) in [6.45, 7) is 0.0362. The summed E-state index contributed by atoms with van der Waals surface area (Å²) in [6, 6.07) is 28.3. The zero-order valence-corrected chi connectivity index (χ0v) is 14.8. The van der Waals surface area contributed by atoms with E-state index in [1.807, 2.05) is 60.7 Å². The van der Waals surface area contributed by atoms with Crippen molar-refractivity contribution in [1.29, 1.82) is 0 Å². The van der Waals surface area contributed by atoms with E-state index in [1.54, 1.807) is 0 Å². The van der Waals surface area contributed by atoms with Crippen LogP contribution >= 0.6 is 0 Å². The molecule has 130 valence electrons. The second kappa shape index (κ2) is 6.40. The minimum atomic E-state index is -0.00452. The summed E-state index contributed by atoms with van der Waals surface area (Å²) in [7, 11) is 0. The molecule has 0 radical (unpaired) electrons. The lowest BCUT2D eigenvalue weighted by molar-refractivity contribution is 0.0922. The molecule has 5 rings (SSSR count). The molecule has 1 aliphatic rings. The molecule has 0 aromatic heterocycles. The van der Waals surface area contributed by atoms with E-state index in [2.05, 4.69) is 24.3 Å². The standard InChI is InChI=1S/C25H18O2/c26-24(16-27-25-11-5-8-17-6-1-4-10-22(17)25)20-13-12-19-14-18-7-2-3-9-21(18)23(19)15-20/h1-13,15H,14,16H2. The van der Waals surface area contributed by atoms with Crippen molar-refractivity contribution in [1.82, 2.24) is 0 Å². The van der Waals surface area contributed by atoms with Crippen molar-refractivity contribution in [3.05, 3.63) is 102 Å². The Morgan fingerprint density at radius 3 is 2.52 bits per heavy atom. The van der Waals surface area contributed by atoms with Crippen LogP contribution in [0.15, 0.2) is 84.9 Å². The molecule has 4 aromatic carbocycles. The zero-order valence-electron chi connectivity index (χ0n) is 14.8. The van der Waals surface area contributed by atoms with E-state index in [0.717, 1.165) is 22.9 Å². The van der Waals surface area contributed by atoms with Crippen molar-refractivity contribution < 1.29 is 9.53 Å². The van der Waals surface area contributed by atoms with E-state index in [1.165, 1.54) is 22.3 Å². The first-order chi connectivity index (χ1) is 13.3. The van der Waals surface area contributed by atoms with Gasteiger partial charge in [-0.2, -0.15) is 0 Å². The first-order valence-electron chi connectivity index (χ1n) is 9.14. The molecule has 0 saturated heterocycles. The zero-order chi connectivity index (χ0) is 18.2. The monoisotopic (exact) mass is 350 g/mol. The number of hydrogen-bond acceptors (Lipinski definition) is 2. The number of fused-ring (bicyclic) bond motifs is 4. The number of carbonyl (C=O) groups is 1. The van der Waals surface area contributed by atoms with Gasteiger partial charge in [-0.25, -0.2) is 0 Å². The van der Waals surface area contributed by atoms with Crippen molar-refractivity contribution >= 4 is 16.6 Å². The van der Waals surface area contributed by atoms with Gasteiger partial charge in [0.05, 0.1) is 0 Å². The molecule has 4 aromatic rings. The van der Waals surface area contributed by atoms with Crippen LogP contribution in [-0.4, -0.2) is 12.4 Å². The second-order valence-electron chi connectivity index (χ2n) is 6.89. The van der Waals surface area contributed by atoms with E-state index >= 15 is 0 Å². The summed E-state index contributed by atoms with van der Waals surface area (Å²) in [5.41, 5.74) is 5.70. The molecule has 0 spiro atoms. The lowest BCUT2D eigenvalue weighted by Gasteiger charge is -2.10. The molecule has 0 unspecified atom stereocenters. The fourth-order valence-corrected chi connectivity index (χ4v) is 3.85. The molecule has 2 nitrogen and oxygen atoms in total. The maximum absolute atomic E-state index is 12.7. The molecule has 1 aliphatic carbocycles. The first kappa shape index (κ1) is 15.8. The Bertz CT molecular complexity index is 1170. The largest absolute Gasteiger partial charge is 0.485 e. The molecule has 0 fully saturated rings. The van der Waals surface area contributed by atoms with Gasteiger partial charge in [0.15, 0.2) is 12.4 Å². The summed E-state index contributed by atoms with van der Waals surface area (Å²) in [4.78, 5) is 12.7. The average molecular weight is 350 g/mol. The molecule has 0 bridgehead atoms. The normalized spacial score (nSPS) is 11.9. The van der Waals surface area contributed by atoms with E-state index < -0.39 is 0 Å². The Kier molecular flexibility index (Phi) is 3.75. The Morgan fingerprint density at radius 2 is 1.56 bits per heavy atom. The molecule has 0 N–H and O–H groups in total. The van der Waals surface area contributed by atoms with Crippen molar-refractivity contribution in [3.8, 4) is 16.9 Å². The van der Waals surface area contributed by atoms with Crippen LogP contribution in [0.1, 0.15) is 21.5 Å². The minimum Gasteiger partial charge on any atom is -0.485 e. The Labute approximate surface area is 158 Å². The summed E-state index contributed by atoms with van der Waals surface area (Å²) in [5.74, 6) is 0.739. The molecule has 2 heteroatoms. The Morgan fingerprint density at radius 1 is 0.778 bits per heavy atom. The number of carbonyl (C=O) groups excluding carboxylic acids is 1. The van der Waals surface area contributed by atoms with Crippen molar-refractivity contribution in [2.75, 3.05) is 6.61 Å². The minimum absolute atomic E-state index is 0.00452. The van der Waals surface area contributed by atoms with Crippen LogP contribution in [0.5, 0.6) is 5.75 Å². The highest BCUT2D eigenvalue weighted by Crippen LogP contribution is 2.37. The van der Waals surface area contributed by atoms with E-state index in [-0.39, 0.29) is 12.4 Å². The summed E-state index contributed by atoms with van der Waals surface area (Å²) in [6.07, 6.45) is 0.937. The van der Waals surface area contributed by atoms with E-state index in [4.69, 9.17) is 4.74 Å². The quantitative estimate of drug-likeness (QED) is 0.390. The van der Waals surface area contributed by atoms with Crippen LogP contribution in [-0.2, 0) is 6.42 Å². The van der Waals surface area contributed by atoms with Crippen molar-refractivity contribution in [2.45, 2.75) is 6.42 Å². The lowest BCUT2D eigenvalue weighted by atomic mass is 10.0. The molecular weight excluding hydrogens is 332 g/mol. The highest BCUT2D eigenvalue weighted by atomic mass is 16.5. The van der Waals surface area contributed by atoms with Crippen LogP contribution in [0, 0.1) is 0 Å². The van der Waals surface area contributed by atoms with E-state index in [9.17, 15) is 4.79 Å². The van der Waals surface area contributed by atoms with Gasteiger partial charge >= 0.3 is 0 Å².